The largest absolute Gasteiger partial charge is 0.302 e. The van der Waals surface area contributed by atoms with Gasteiger partial charge in [-0.2, -0.15) is 0 Å². The van der Waals surface area contributed by atoms with Gasteiger partial charge in [0.15, 0.2) is 0 Å². The number of hydrogen-bond acceptors (Lipinski definition) is 1. The van der Waals surface area contributed by atoms with E-state index in [1.54, 1.807) is 0 Å². The van der Waals surface area contributed by atoms with E-state index in [-0.39, 0.29) is 0 Å². The van der Waals surface area contributed by atoms with Gasteiger partial charge in [0.05, 0.1) is 0 Å². The number of hydrogen-bond donors (Lipinski definition) is 0. The Bertz CT molecular complexity index is 329. The summed E-state index contributed by atoms with van der Waals surface area (Å²) in [7, 11) is 2.19. The molecule has 0 bridgehead atoms. The molecule has 1 rings (SSSR count). The van der Waals surface area contributed by atoms with Gasteiger partial charge in [0.25, 0.3) is 0 Å². The maximum absolute atomic E-state index is 4.18. The van der Waals surface area contributed by atoms with Gasteiger partial charge < -0.3 is 4.90 Å². The van der Waals surface area contributed by atoms with Gasteiger partial charge >= 0.3 is 0 Å². The van der Waals surface area contributed by atoms with Crippen molar-refractivity contribution in [3.8, 4) is 0 Å². The molecule has 0 amide bonds. The molecule has 100 valence electrons. The van der Waals surface area contributed by atoms with Crippen molar-refractivity contribution in [1.82, 2.24) is 4.90 Å². The molecule has 0 saturated heterocycles. The second kappa shape index (κ2) is 8.93. The average molecular weight is 245 g/mol. The highest BCUT2D eigenvalue weighted by Crippen LogP contribution is 2.13. The van der Waals surface area contributed by atoms with E-state index in [0.29, 0.717) is 0 Å². The second-order valence-electron chi connectivity index (χ2n) is 5.12. The monoisotopic (exact) mass is 245 g/mol. The summed E-state index contributed by atoms with van der Waals surface area (Å²) in [5.74, 6) is 0. The summed E-state index contributed by atoms with van der Waals surface area (Å²) < 4.78 is 0. The van der Waals surface area contributed by atoms with E-state index in [1.165, 1.54) is 49.8 Å². The Morgan fingerprint density at radius 2 is 1.72 bits per heavy atom. The predicted molar refractivity (Wildman–Crippen MR) is 81.7 cm³/mol. The van der Waals surface area contributed by atoms with E-state index in [2.05, 4.69) is 49.7 Å². The minimum absolute atomic E-state index is 0.970. The van der Waals surface area contributed by atoms with Crippen LogP contribution in [0.1, 0.15) is 44.6 Å². The van der Waals surface area contributed by atoms with Crippen LogP contribution in [0, 0.1) is 0 Å². The minimum atomic E-state index is 0.970. The van der Waals surface area contributed by atoms with Crippen molar-refractivity contribution in [2.75, 3.05) is 20.1 Å². The third-order valence-corrected chi connectivity index (χ3v) is 3.29. The molecule has 0 aliphatic rings. The maximum Gasteiger partial charge on any atom is 0.0230 e. The summed E-state index contributed by atoms with van der Waals surface area (Å²) in [5, 5.41) is 0. The SMILES string of the molecule is C=C(CN(C)CCCCCCC)c1ccccc1. The van der Waals surface area contributed by atoms with E-state index in [4.69, 9.17) is 0 Å². The highest BCUT2D eigenvalue weighted by Gasteiger charge is 2.03. The summed E-state index contributed by atoms with van der Waals surface area (Å²) in [6.07, 6.45) is 6.74. The number of unbranched alkanes of at least 4 members (excludes halogenated alkanes) is 4. The van der Waals surface area contributed by atoms with E-state index in [9.17, 15) is 0 Å². The van der Waals surface area contributed by atoms with Crippen molar-refractivity contribution in [2.24, 2.45) is 0 Å². The van der Waals surface area contributed by atoms with Crippen LogP contribution < -0.4 is 0 Å². The predicted octanol–water partition coefficient (Wildman–Crippen LogP) is 4.60. The number of nitrogens with zero attached hydrogens (tertiary/aromatic N) is 1. The highest BCUT2D eigenvalue weighted by molar-refractivity contribution is 5.64. The van der Waals surface area contributed by atoms with Crippen LogP contribution in [0.4, 0.5) is 0 Å². The molecule has 0 aliphatic carbocycles. The van der Waals surface area contributed by atoms with Gasteiger partial charge in [-0.3, -0.25) is 0 Å². The molecule has 1 aromatic carbocycles. The first-order valence-corrected chi connectivity index (χ1v) is 7.15. The van der Waals surface area contributed by atoms with E-state index >= 15 is 0 Å². The Labute approximate surface area is 113 Å². The van der Waals surface area contributed by atoms with Crippen LogP contribution in [0.15, 0.2) is 36.9 Å². The molecule has 0 unspecified atom stereocenters. The first-order valence-electron chi connectivity index (χ1n) is 7.15. The fraction of sp³-hybridized carbons (Fsp3) is 0.529. The molecule has 18 heavy (non-hydrogen) atoms. The zero-order valence-electron chi connectivity index (χ0n) is 12.0. The van der Waals surface area contributed by atoms with Crippen LogP contribution in [-0.2, 0) is 0 Å². The van der Waals surface area contributed by atoms with Gasteiger partial charge in [-0.1, -0.05) is 69.5 Å². The summed E-state index contributed by atoms with van der Waals surface area (Å²) in [4.78, 5) is 2.38. The van der Waals surface area contributed by atoms with Crippen molar-refractivity contribution in [3.05, 3.63) is 42.5 Å². The Balaban J connectivity index is 2.20. The second-order valence-corrected chi connectivity index (χ2v) is 5.12. The third kappa shape index (κ3) is 6.02. The quantitative estimate of drug-likeness (QED) is 0.575. The summed E-state index contributed by atoms with van der Waals surface area (Å²) in [6.45, 7) is 8.59. The first-order chi connectivity index (χ1) is 8.74. The average Bonchev–Trinajstić information content (AvgIpc) is 2.39. The molecule has 1 heteroatoms. The van der Waals surface area contributed by atoms with Crippen molar-refractivity contribution in [3.63, 3.8) is 0 Å². The molecule has 0 N–H and O–H groups in total. The third-order valence-electron chi connectivity index (χ3n) is 3.29. The Hall–Kier alpha value is -1.08. The smallest absolute Gasteiger partial charge is 0.0230 e. The van der Waals surface area contributed by atoms with Crippen molar-refractivity contribution in [1.29, 1.82) is 0 Å². The minimum Gasteiger partial charge on any atom is -0.302 e. The van der Waals surface area contributed by atoms with Gasteiger partial charge in [0.2, 0.25) is 0 Å². The summed E-state index contributed by atoms with van der Waals surface area (Å²) in [6, 6.07) is 10.5. The number of benzene rings is 1. The summed E-state index contributed by atoms with van der Waals surface area (Å²) >= 11 is 0. The molecule has 0 aromatic heterocycles. The van der Waals surface area contributed by atoms with Gasteiger partial charge in [0, 0.05) is 6.54 Å². The molecule has 0 heterocycles. The van der Waals surface area contributed by atoms with Gasteiger partial charge in [-0.25, -0.2) is 0 Å². The summed E-state index contributed by atoms with van der Waals surface area (Å²) in [5.41, 5.74) is 2.47. The lowest BCUT2D eigenvalue weighted by Crippen LogP contribution is -2.21. The van der Waals surface area contributed by atoms with Gasteiger partial charge in [0.1, 0.15) is 0 Å². The van der Waals surface area contributed by atoms with Crippen LogP contribution in [0.3, 0.4) is 0 Å². The first kappa shape index (κ1) is 15.0. The molecule has 0 spiro atoms. The number of likely N-dealkylation sites (N-methyl/N-ethyl adjacent to an activating group) is 1. The lowest BCUT2D eigenvalue weighted by molar-refractivity contribution is 0.361. The molecule has 0 atom stereocenters. The molecule has 0 fully saturated rings. The van der Waals surface area contributed by atoms with Crippen LogP contribution in [-0.4, -0.2) is 25.0 Å². The van der Waals surface area contributed by atoms with Gasteiger partial charge in [-0.05, 0) is 31.1 Å². The topological polar surface area (TPSA) is 3.24 Å². The highest BCUT2D eigenvalue weighted by atomic mass is 15.1. The van der Waals surface area contributed by atoms with Crippen molar-refractivity contribution < 1.29 is 0 Å². The fourth-order valence-corrected chi connectivity index (χ4v) is 2.16. The van der Waals surface area contributed by atoms with Gasteiger partial charge in [-0.15, -0.1) is 0 Å². The molecule has 1 aromatic rings. The Morgan fingerprint density at radius 1 is 1.06 bits per heavy atom. The zero-order valence-corrected chi connectivity index (χ0v) is 12.0. The molecule has 0 saturated carbocycles. The van der Waals surface area contributed by atoms with E-state index < -0.39 is 0 Å². The molecule has 1 nitrogen and oxygen atoms in total. The van der Waals surface area contributed by atoms with E-state index in [0.717, 1.165) is 6.54 Å². The molecular formula is C17H27N. The maximum atomic E-state index is 4.18. The zero-order chi connectivity index (χ0) is 13.2. The molecular weight excluding hydrogens is 218 g/mol. The van der Waals surface area contributed by atoms with Crippen molar-refractivity contribution >= 4 is 5.57 Å². The van der Waals surface area contributed by atoms with Crippen LogP contribution in [0.25, 0.3) is 5.57 Å². The Kier molecular flexibility index (Phi) is 7.43. The van der Waals surface area contributed by atoms with Crippen LogP contribution >= 0.6 is 0 Å². The standard InChI is InChI=1S/C17H27N/c1-4-5-6-7-11-14-18(3)15-16(2)17-12-9-8-10-13-17/h8-10,12-13H,2,4-7,11,14-15H2,1,3H3. The molecule has 0 aliphatic heterocycles. The van der Waals surface area contributed by atoms with Crippen molar-refractivity contribution in [2.45, 2.75) is 39.0 Å². The van der Waals surface area contributed by atoms with Crippen LogP contribution in [0.2, 0.25) is 0 Å². The normalized spacial score (nSPS) is 10.8. The Morgan fingerprint density at radius 3 is 2.39 bits per heavy atom. The van der Waals surface area contributed by atoms with Crippen LogP contribution in [0.5, 0.6) is 0 Å². The lowest BCUT2D eigenvalue weighted by Gasteiger charge is -2.18. The number of rotatable bonds is 9. The van der Waals surface area contributed by atoms with E-state index in [1.807, 2.05) is 6.07 Å². The lowest BCUT2D eigenvalue weighted by atomic mass is 10.1. The molecule has 0 radical (unpaired) electrons. The fourth-order valence-electron chi connectivity index (χ4n) is 2.16.